The minimum atomic E-state index is -1.53. The summed E-state index contributed by atoms with van der Waals surface area (Å²) in [5.74, 6) is -3.14. The lowest BCUT2D eigenvalue weighted by Gasteiger charge is -2.27. The van der Waals surface area contributed by atoms with Crippen molar-refractivity contribution in [3.8, 4) is 0 Å². The molecule has 0 aromatic carbocycles. The van der Waals surface area contributed by atoms with E-state index in [-0.39, 0.29) is 78.9 Å². The molecular formula is C56H108N2O13. The lowest BCUT2D eigenvalue weighted by molar-refractivity contribution is -0.158. The molecule has 71 heavy (non-hydrogen) atoms. The van der Waals surface area contributed by atoms with Crippen LogP contribution in [0, 0.1) is 0 Å². The Morgan fingerprint density at radius 1 is 0.296 bits per heavy atom. The van der Waals surface area contributed by atoms with Gasteiger partial charge in [-0.25, -0.2) is 19.2 Å². The van der Waals surface area contributed by atoms with Crippen molar-refractivity contribution < 1.29 is 63.3 Å². The highest BCUT2D eigenvalue weighted by Gasteiger charge is 2.27. The average molecular weight is 1020 g/mol. The lowest BCUT2D eigenvalue weighted by Crippen LogP contribution is -2.46. The van der Waals surface area contributed by atoms with E-state index in [0.717, 1.165) is 77.0 Å². The highest BCUT2D eigenvalue weighted by atomic mass is 16.6. The zero-order chi connectivity index (χ0) is 52.4. The van der Waals surface area contributed by atoms with Gasteiger partial charge in [0.25, 0.3) is 0 Å². The molecule has 0 aromatic heterocycles. The second-order valence-corrected chi connectivity index (χ2v) is 19.8. The third-order valence-corrected chi connectivity index (χ3v) is 12.9. The molecule has 0 spiro atoms. The summed E-state index contributed by atoms with van der Waals surface area (Å²) in [4.78, 5) is 54.3. The van der Waals surface area contributed by atoms with E-state index >= 15 is 0 Å². The summed E-state index contributed by atoms with van der Waals surface area (Å²) in [6.07, 6.45) is 28.6. The Balaban J connectivity index is 5.44. The summed E-state index contributed by atoms with van der Waals surface area (Å²) in [5.41, 5.74) is 0. The predicted molar refractivity (Wildman–Crippen MR) is 282 cm³/mol. The Bertz CT molecular complexity index is 1060. The Kier molecular flexibility index (Phi) is 49.4. The van der Waals surface area contributed by atoms with Crippen LogP contribution in [0.5, 0.6) is 0 Å². The van der Waals surface area contributed by atoms with Gasteiger partial charge in [-0.2, -0.15) is 0 Å². The van der Waals surface area contributed by atoms with Crippen LogP contribution in [0.4, 0.5) is 0 Å². The van der Waals surface area contributed by atoms with Gasteiger partial charge in [0.05, 0.1) is 39.6 Å². The van der Waals surface area contributed by atoms with Gasteiger partial charge >= 0.3 is 23.9 Å². The molecule has 4 unspecified atom stereocenters. The van der Waals surface area contributed by atoms with Crippen LogP contribution in [-0.2, 0) is 42.9 Å². The third-order valence-electron chi connectivity index (χ3n) is 12.9. The first kappa shape index (κ1) is 68.6. The lowest BCUT2D eigenvalue weighted by atomic mass is 10.1. The van der Waals surface area contributed by atoms with Crippen molar-refractivity contribution in [1.29, 1.82) is 0 Å². The Morgan fingerprint density at radius 2 is 0.479 bits per heavy atom. The molecule has 0 aliphatic rings. The highest BCUT2D eigenvalue weighted by molar-refractivity contribution is 5.76. The molecule has 0 heterocycles. The summed E-state index contributed by atoms with van der Waals surface area (Å²) in [6, 6.07) is 0. The molecule has 4 N–H and O–H groups in total. The zero-order valence-corrected chi connectivity index (χ0v) is 45.8. The van der Waals surface area contributed by atoms with Crippen LogP contribution < -0.4 is 0 Å². The number of hydrogen-bond acceptors (Lipinski definition) is 15. The summed E-state index contributed by atoms with van der Waals surface area (Å²) in [6.45, 7) is 8.89. The molecule has 0 aliphatic carbocycles. The minimum absolute atomic E-state index is 0.0419. The molecule has 15 heteroatoms. The molecule has 0 aromatic rings. The van der Waals surface area contributed by atoms with Gasteiger partial charge in [-0.05, 0) is 25.7 Å². The van der Waals surface area contributed by atoms with Crippen molar-refractivity contribution in [2.45, 2.75) is 258 Å². The molecule has 420 valence electrons. The monoisotopic (exact) mass is 1020 g/mol. The summed E-state index contributed by atoms with van der Waals surface area (Å²) < 4.78 is 27.4. The van der Waals surface area contributed by atoms with Crippen LogP contribution in [0.3, 0.4) is 0 Å². The van der Waals surface area contributed by atoms with Gasteiger partial charge < -0.3 is 44.1 Å². The average Bonchev–Trinajstić information content (AvgIpc) is 3.35. The van der Waals surface area contributed by atoms with E-state index in [2.05, 4.69) is 27.7 Å². The predicted octanol–water partition coefficient (Wildman–Crippen LogP) is 9.79. The van der Waals surface area contributed by atoms with Crippen LogP contribution in [0.2, 0.25) is 0 Å². The molecule has 15 nitrogen and oxygen atoms in total. The zero-order valence-electron chi connectivity index (χ0n) is 45.8. The highest BCUT2D eigenvalue weighted by Crippen LogP contribution is 2.13. The largest absolute Gasteiger partial charge is 0.464 e. The quantitative estimate of drug-likeness (QED) is 0.0255. The molecule has 0 saturated carbocycles. The molecule has 0 bridgehead atoms. The van der Waals surface area contributed by atoms with Gasteiger partial charge in [-0.15, -0.1) is 0 Å². The number of ether oxygens (including phenoxy) is 5. The number of aliphatic hydroxyl groups is 4. The number of unbranched alkanes of at least 4 members (excludes halogenated alkanes) is 28. The van der Waals surface area contributed by atoms with E-state index in [1.54, 1.807) is 9.80 Å². The number of hydrogen-bond donors (Lipinski definition) is 4. The summed E-state index contributed by atoms with van der Waals surface area (Å²) in [7, 11) is 0. The molecule has 4 atom stereocenters. The van der Waals surface area contributed by atoms with Crippen LogP contribution in [0.15, 0.2) is 0 Å². The number of carbonyl (C=O) groups is 4. The fraction of sp³-hybridized carbons (Fsp3) is 0.929. The number of aliphatic hydroxyl groups excluding tert-OH is 4. The fourth-order valence-electron chi connectivity index (χ4n) is 8.30. The Hall–Kier alpha value is -2.40. The normalized spacial score (nSPS) is 13.3. The van der Waals surface area contributed by atoms with Crippen LogP contribution in [-0.4, -0.2) is 157 Å². The molecule has 0 amide bonds. The maximum absolute atomic E-state index is 12.8. The van der Waals surface area contributed by atoms with Gasteiger partial charge in [0, 0.05) is 39.3 Å². The number of rotatable bonds is 54. The van der Waals surface area contributed by atoms with E-state index in [1.807, 2.05) is 0 Å². The molecule has 0 fully saturated rings. The van der Waals surface area contributed by atoms with Crippen LogP contribution >= 0.6 is 0 Å². The Morgan fingerprint density at radius 3 is 0.676 bits per heavy atom. The maximum Gasteiger partial charge on any atom is 0.336 e. The number of nitrogens with zero attached hydrogens (tertiary/aromatic N) is 2. The van der Waals surface area contributed by atoms with E-state index in [9.17, 15) is 39.6 Å². The van der Waals surface area contributed by atoms with Crippen LogP contribution in [0.25, 0.3) is 0 Å². The van der Waals surface area contributed by atoms with Gasteiger partial charge in [0.2, 0.25) is 0 Å². The first-order chi connectivity index (χ1) is 34.5. The van der Waals surface area contributed by atoms with Crippen molar-refractivity contribution in [3.05, 3.63) is 0 Å². The second-order valence-electron chi connectivity index (χ2n) is 19.8. The smallest absolute Gasteiger partial charge is 0.336 e. The summed E-state index contributed by atoms with van der Waals surface area (Å²) in [5, 5.41) is 43.4. The first-order valence-electron chi connectivity index (χ1n) is 28.9. The van der Waals surface area contributed by atoms with Crippen LogP contribution in [0.1, 0.15) is 233 Å². The molecule has 0 radical (unpaired) electrons. The van der Waals surface area contributed by atoms with Crippen molar-refractivity contribution in [1.82, 2.24) is 9.80 Å². The van der Waals surface area contributed by atoms with Crippen molar-refractivity contribution >= 4 is 23.9 Å². The fourth-order valence-corrected chi connectivity index (χ4v) is 8.30. The third kappa shape index (κ3) is 43.7. The first-order valence-corrected chi connectivity index (χ1v) is 28.9. The van der Waals surface area contributed by atoms with Gasteiger partial charge in [0.15, 0.2) is 24.4 Å². The maximum atomic E-state index is 12.8. The SMILES string of the molecule is CCCCCCCCCCOC(=O)C(O)CN(CCOCCN(CC(O)C(=O)OCCCCCCCCCC)CC(O)C(=O)OCCCCCCCCCC)CC(O)C(=O)OCCCCCCCCCC. The van der Waals surface area contributed by atoms with E-state index in [4.69, 9.17) is 23.7 Å². The second kappa shape index (κ2) is 51.1. The number of esters is 4. The molecule has 0 aliphatic heterocycles. The van der Waals surface area contributed by atoms with E-state index in [1.165, 1.54) is 103 Å². The molecular weight excluding hydrogens is 909 g/mol. The van der Waals surface area contributed by atoms with Crippen molar-refractivity contribution in [2.75, 3.05) is 78.9 Å². The topological polar surface area (TPSA) is 202 Å². The van der Waals surface area contributed by atoms with Gasteiger partial charge in [-0.3, -0.25) is 9.80 Å². The number of carbonyl (C=O) groups excluding carboxylic acids is 4. The summed E-state index contributed by atoms with van der Waals surface area (Å²) >= 11 is 0. The van der Waals surface area contributed by atoms with E-state index < -0.39 is 48.3 Å². The van der Waals surface area contributed by atoms with Gasteiger partial charge in [0.1, 0.15) is 0 Å². The Labute approximate surface area is 432 Å². The minimum Gasteiger partial charge on any atom is -0.464 e. The van der Waals surface area contributed by atoms with E-state index in [0.29, 0.717) is 25.7 Å². The standard InChI is InChI=1S/C56H108N2O13/c1-5-9-13-17-21-25-29-33-39-68-53(63)49(59)45-57(46-50(60)54(64)69-40-34-30-26-22-18-14-10-6-2)37-43-67-44-38-58(47-51(61)55(65)70-41-35-31-27-23-19-15-11-7-3)48-52(62)56(66)71-42-36-32-28-24-20-16-12-8-4/h49-52,59-62H,5-48H2,1-4H3. The molecule has 0 saturated heterocycles. The molecule has 0 rings (SSSR count). The van der Waals surface area contributed by atoms with Crippen molar-refractivity contribution in [2.24, 2.45) is 0 Å². The van der Waals surface area contributed by atoms with Gasteiger partial charge in [-0.1, -0.05) is 207 Å². The van der Waals surface area contributed by atoms with Crippen molar-refractivity contribution in [3.63, 3.8) is 0 Å².